The van der Waals surface area contributed by atoms with Crippen molar-refractivity contribution in [2.75, 3.05) is 13.2 Å². The van der Waals surface area contributed by atoms with Gasteiger partial charge in [0.1, 0.15) is 6.04 Å². The quantitative estimate of drug-likeness (QED) is 0.671. The van der Waals surface area contributed by atoms with Gasteiger partial charge in [-0.15, -0.1) is 5.10 Å². The zero-order chi connectivity index (χ0) is 12.7. The average Bonchev–Trinajstić information content (AvgIpc) is 2.77. The van der Waals surface area contributed by atoms with Gasteiger partial charge in [-0.25, -0.2) is 4.68 Å². The van der Waals surface area contributed by atoms with E-state index in [1.807, 2.05) is 0 Å². The smallest absolute Gasteiger partial charge is 0.244 e. The van der Waals surface area contributed by atoms with E-state index in [0.29, 0.717) is 18.7 Å². The first kappa shape index (κ1) is 13.6. The van der Waals surface area contributed by atoms with E-state index in [2.05, 4.69) is 22.6 Å². The third kappa shape index (κ3) is 4.14. The van der Waals surface area contributed by atoms with Crippen molar-refractivity contribution < 1.29 is 9.90 Å². The largest absolute Gasteiger partial charge is 0.396 e. The summed E-state index contributed by atoms with van der Waals surface area (Å²) in [6.45, 7) is 4.58. The Morgan fingerprint density at radius 2 is 2.41 bits per heavy atom. The predicted molar refractivity (Wildman–Crippen MR) is 63.4 cm³/mol. The Morgan fingerprint density at radius 3 is 3.06 bits per heavy atom. The second-order valence-corrected chi connectivity index (χ2v) is 3.98. The molecule has 17 heavy (non-hydrogen) atoms. The summed E-state index contributed by atoms with van der Waals surface area (Å²) in [5, 5.41) is 19.4. The number of hydrogen-bond acceptors (Lipinski definition) is 4. The van der Waals surface area contributed by atoms with Crippen molar-refractivity contribution >= 4 is 5.91 Å². The molecule has 0 radical (unpaired) electrons. The van der Waals surface area contributed by atoms with Gasteiger partial charge in [-0.1, -0.05) is 18.6 Å². The molecule has 0 fully saturated rings. The number of unbranched alkanes of at least 4 members (excludes halogenated alkanes) is 1. The molecule has 0 saturated carbocycles. The summed E-state index contributed by atoms with van der Waals surface area (Å²) < 4.78 is 1.52. The standard InChI is InChI=1S/C11H20N4O2/c1-3-4-6-12-11(17)9(2)15-8-10(5-7-16)13-14-15/h8-9,16H,3-7H2,1-2H3,(H,12,17). The molecule has 1 aromatic rings. The van der Waals surface area contributed by atoms with Gasteiger partial charge in [0.15, 0.2) is 0 Å². The summed E-state index contributed by atoms with van der Waals surface area (Å²) in [4.78, 5) is 11.7. The van der Waals surface area contributed by atoms with Crippen molar-refractivity contribution in [2.45, 2.75) is 39.2 Å². The van der Waals surface area contributed by atoms with Crippen LogP contribution < -0.4 is 5.32 Å². The molecule has 1 heterocycles. The molecule has 6 nitrogen and oxygen atoms in total. The summed E-state index contributed by atoms with van der Waals surface area (Å²) in [5.41, 5.74) is 0.695. The highest BCUT2D eigenvalue weighted by Gasteiger charge is 2.15. The van der Waals surface area contributed by atoms with Crippen LogP contribution in [-0.2, 0) is 11.2 Å². The predicted octanol–water partition coefficient (Wildman–Crippen LogP) is 0.290. The Morgan fingerprint density at radius 1 is 1.65 bits per heavy atom. The first-order chi connectivity index (χ1) is 8.19. The van der Waals surface area contributed by atoms with Gasteiger partial charge < -0.3 is 10.4 Å². The Hall–Kier alpha value is -1.43. The average molecular weight is 240 g/mol. The molecule has 1 atom stereocenters. The van der Waals surface area contributed by atoms with E-state index in [0.717, 1.165) is 12.8 Å². The van der Waals surface area contributed by atoms with E-state index >= 15 is 0 Å². The first-order valence-electron chi connectivity index (χ1n) is 5.98. The molecule has 0 aliphatic heterocycles. The third-order valence-electron chi connectivity index (χ3n) is 2.53. The maximum atomic E-state index is 11.7. The van der Waals surface area contributed by atoms with Crippen LogP contribution in [0, 0.1) is 0 Å². The van der Waals surface area contributed by atoms with Gasteiger partial charge in [0.2, 0.25) is 5.91 Å². The minimum Gasteiger partial charge on any atom is -0.396 e. The number of carbonyl (C=O) groups excluding carboxylic acids is 1. The topological polar surface area (TPSA) is 80.0 Å². The fraction of sp³-hybridized carbons (Fsp3) is 0.727. The first-order valence-corrected chi connectivity index (χ1v) is 5.98. The molecule has 0 saturated heterocycles. The number of nitrogens with zero attached hydrogens (tertiary/aromatic N) is 3. The van der Waals surface area contributed by atoms with Crippen LogP contribution >= 0.6 is 0 Å². The van der Waals surface area contributed by atoms with E-state index in [1.54, 1.807) is 13.1 Å². The highest BCUT2D eigenvalue weighted by atomic mass is 16.3. The molecular formula is C11H20N4O2. The molecule has 1 rings (SSSR count). The lowest BCUT2D eigenvalue weighted by Crippen LogP contribution is -2.31. The maximum absolute atomic E-state index is 11.7. The molecule has 0 bridgehead atoms. The van der Waals surface area contributed by atoms with Crippen molar-refractivity contribution in [3.63, 3.8) is 0 Å². The number of aliphatic hydroxyl groups excluding tert-OH is 1. The summed E-state index contributed by atoms with van der Waals surface area (Å²) in [6, 6.07) is -0.369. The second-order valence-electron chi connectivity index (χ2n) is 3.98. The van der Waals surface area contributed by atoms with Gasteiger partial charge >= 0.3 is 0 Å². The van der Waals surface area contributed by atoms with E-state index in [1.165, 1.54) is 4.68 Å². The van der Waals surface area contributed by atoms with Crippen LogP contribution in [0.3, 0.4) is 0 Å². The Bertz CT molecular complexity index is 351. The monoisotopic (exact) mass is 240 g/mol. The van der Waals surface area contributed by atoms with Crippen LogP contribution in [0.5, 0.6) is 0 Å². The normalized spacial score (nSPS) is 12.4. The van der Waals surface area contributed by atoms with Gasteiger partial charge in [-0.05, 0) is 13.3 Å². The number of aromatic nitrogens is 3. The summed E-state index contributed by atoms with van der Waals surface area (Å²) in [7, 11) is 0. The minimum absolute atomic E-state index is 0.0375. The van der Waals surface area contributed by atoms with Crippen LogP contribution in [0.1, 0.15) is 38.4 Å². The lowest BCUT2D eigenvalue weighted by atomic mass is 10.3. The molecule has 0 aliphatic rings. The molecule has 6 heteroatoms. The zero-order valence-corrected chi connectivity index (χ0v) is 10.4. The van der Waals surface area contributed by atoms with E-state index in [4.69, 9.17) is 5.11 Å². The zero-order valence-electron chi connectivity index (χ0n) is 10.4. The van der Waals surface area contributed by atoms with Crippen molar-refractivity contribution in [1.29, 1.82) is 0 Å². The Kier molecular flexibility index (Phi) is 5.62. The molecular weight excluding hydrogens is 220 g/mol. The van der Waals surface area contributed by atoms with Crippen molar-refractivity contribution in [2.24, 2.45) is 0 Å². The highest BCUT2D eigenvalue weighted by Crippen LogP contribution is 2.05. The van der Waals surface area contributed by atoms with Crippen molar-refractivity contribution in [3.05, 3.63) is 11.9 Å². The number of amides is 1. The number of rotatable bonds is 7. The van der Waals surface area contributed by atoms with E-state index < -0.39 is 0 Å². The van der Waals surface area contributed by atoms with Gasteiger partial charge in [0.05, 0.1) is 5.69 Å². The summed E-state index contributed by atoms with van der Waals surface area (Å²) in [6.07, 6.45) is 4.19. The molecule has 0 spiro atoms. The lowest BCUT2D eigenvalue weighted by molar-refractivity contribution is -0.124. The fourth-order valence-corrected chi connectivity index (χ4v) is 1.39. The SMILES string of the molecule is CCCCNC(=O)C(C)n1cc(CCO)nn1. The number of hydrogen-bond donors (Lipinski definition) is 2. The van der Waals surface area contributed by atoms with Crippen LogP contribution in [-0.4, -0.2) is 39.2 Å². The molecule has 96 valence electrons. The van der Waals surface area contributed by atoms with Gasteiger partial charge in [0, 0.05) is 25.8 Å². The Labute approximate surface area is 101 Å². The van der Waals surface area contributed by atoms with Gasteiger partial charge in [0.25, 0.3) is 0 Å². The van der Waals surface area contributed by atoms with E-state index in [9.17, 15) is 4.79 Å². The molecule has 1 amide bonds. The highest BCUT2D eigenvalue weighted by molar-refractivity contribution is 5.79. The third-order valence-corrected chi connectivity index (χ3v) is 2.53. The van der Waals surface area contributed by atoms with Crippen molar-refractivity contribution in [1.82, 2.24) is 20.3 Å². The minimum atomic E-state index is -0.369. The van der Waals surface area contributed by atoms with Gasteiger partial charge in [-0.3, -0.25) is 4.79 Å². The second kappa shape index (κ2) is 7.01. The van der Waals surface area contributed by atoms with Gasteiger partial charge in [-0.2, -0.15) is 0 Å². The Balaban J connectivity index is 2.49. The van der Waals surface area contributed by atoms with Crippen LogP contribution in [0.25, 0.3) is 0 Å². The summed E-state index contributed by atoms with van der Waals surface area (Å²) >= 11 is 0. The number of carbonyl (C=O) groups is 1. The number of nitrogens with one attached hydrogen (secondary N) is 1. The van der Waals surface area contributed by atoms with Crippen LogP contribution in [0.15, 0.2) is 6.20 Å². The molecule has 2 N–H and O–H groups in total. The molecule has 0 aromatic carbocycles. The fourth-order valence-electron chi connectivity index (χ4n) is 1.39. The molecule has 1 unspecified atom stereocenters. The van der Waals surface area contributed by atoms with E-state index in [-0.39, 0.29) is 18.6 Å². The molecule has 0 aliphatic carbocycles. The van der Waals surface area contributed by atoms with Crippen molar-refractivity contribution in [3.8, 4) is 0 Å². The van der Waals surface area contributed by atoms with Crippen LogP contribution in [0.4, 0.5) is 0 Å². The number of aliphatic hydroxyl groups is 1. The summed E-state index contributed by atoms with van der Waals surface area (Å²) in [5.74, 6) is -0.0566. The lowest BCUT2D eigenvalue weighted by Gasteiger charge is -2.11. The van der Waals surface area contributed by atoms with Crippen LogP contribution in [0.2, 0.25) is 0 Å². The molecule has 1 aromatic heterocycles. The maximum Gasteiger partial charge on any atom is 0.244 e.